The van der Waals surface area contributed by atoms with Gasteiger partial charge in [-0.3, -0.25) is 9.69 Å². The fourth-order valence-electron chi connectivity index (χ4n) is 4.22. The molecule has 1 aromatic heterocycles. The van der Waals surface area contributed by atoms with Gasteiger partial charge in [-0.1, -0.05) is 30.3 Å². The van der Waals surface area contributed by atoms with Crippen molar-refractivity contribution in [3.63, 3.8) is 0 Å². The molecule has 0 spiro atoms. The van der Waals surface area contributed by atoms with Gasteiger partial charge in [0, 0.05) is 34.6 Å². The molecule has 1 saturated heterocycles. The topological polar surface area (TPSA) is 61.9 Å². The predicted molar refractivity (Wildman–Crippen MR) is 116 cm³/mol. The van der Waals surface area contributed by atoms with Crippen molar-refractivity contribution in [2.45, 2.75) is 31.8 Å². The van der Waals surface area contributed by atoms with E-state index in [0.717, 1.165) is 33.9 Å². The Hall–Kier alpha value is -2.64. The summed E-state index contributed by atoms with van der Waals surface area (Å²) in [4.78, 5) is 32.2. The van der Waals surface area contributed by atoms with Crippen LogP contribution in [0.2, 0.25) is 0 Å². The van der Waals surface area contributed by atoms with E-state index in [-0.39, 0.29) is 18.0 Å². The van der Waals surface area contributed by atoms with Crippen LogP contribution in [0.15, 0.2) is 53.7 Å². The van der Waals surface area contributed by atoms with Crippen molar-refractivity contribution in [1.29, 1.82) is 0 Å². The Kier molecular flexibility index (Phi) is 5.08. The zero-order chi connectivity index (χ0) is 20.7. The van der Waals surface area contributed by atoms with Crippen LogP contribution in [-0.4, -0.2) is 54.1 Å². The lowest BCUT2D eigenvalue weighted by atomic mass is 9.98. The molecule has 3 heterocycles. The van der Waals surface area contributed by atoms with Crippen molar-refractivity contribution in [3.05, 3.63) is 58.6 Å². The first-order chi connectivity index (χ1) is 14.6. The SMILES string of the molecule is CC1=C(C(=O)N2CCOCC2)[C@@H](c2ccc(-c3ccccc3)s2)NC(=O)N1C1CC1. The van der Waals surface area contributed by atoms with Gasteiger partial charge in [0.1, 0.15) is 0 Å². The standard InChI is InChI=1S/C23H25N3O3S/c1-15-20(22(27)25-11-13-29-14-12-25)21(24-23(28)26(15)17-7-8-17)19-10-9-18(30-19)16-5-3-2-4-6-16/h2-6,9-10,17,21H,7-8,11-14H2,1H3,(H,24,28)/t21-/m1/s1. The molecule has 1 saturated carbocycles. The number of hydrogen-bond donors (Lipinski definition) is 1. The highest BCUT2D eigenvalue weighted by Gasteiger charge is 2.43. The highest BCUT2D eigenvalue weighted by atomic mass is 32.1. The van der Waals surface area contributed by atoms with E-state index in [1.807, 2.05) is 36.1 Å². The van der Waals surface area contributed by atoms with Crippen molar-refractivity contribution in [3.8, 4) is 10.4 Å². The summed E-state index contributed by atoms with van der Waals surface area (Å²) in [5, 5.41) is 3.13. The Morgan fingerprint density at radius 2 is 1.83 bits per heavy atom. The third kappa shape index (κ3) is 3.52. The fraction of sp³-hybridized carbons (Fsp3) is 0.391. The molecular formula is C23H25N3O3S. The second-order valence-electron chi connectivity index (χ2n) is 7.96. The lowest BCUT2D eigenvalue weighted by Gasteiger charge is -2.38. The number of allylic oxidation sites excluding steroid dienone is 1. The van der Waals surface area contributed by atoms with Gasteiger partial charge < -0.3 is 15.0 Å². The molecule has 0 bridgehead atoms. The van der Waals surface area contributed by atoms with Gasteiger partial charge in [0.25, 0.3) is 5.91 Å². The summed E-state index contributed by atoms with van der Waals surface area (Å²) >= 11 is 1.63. The van der Waals surface area contributed by atoms with E-state index in [1.54, 1.807) is 16.2 Å². The van der Waals surface area contributed by atoms with Gasteiger partial charge in [0.15, 0.2) is 0 Å². The van der Waals surface area contributed by atoms with E-state index in [1.165, 1.54) is 0 Å². The summed E-state index contributed by atoms with van der Waals surface area (Å²) in [5.74, 6) is 0.00103. The van der Waals surface area contributed by atoms with E-state index < -0.39 is 6.04 Å². The molecule has 2 aromatic rings. The average Bonchev–Trinajstić information content (AvgIpc) is 3.48. The normalized spacial score (nSPS) is 22.3. The molecule has 7 heteroatoms. The molecule has 30 heavy (non-hydrogen) atoms. The largest absolute Gasteiger partial charge is 0.378 e. The number of amides is 3. The van der Waals surface area contributed by atoms with Crippen LogP contribution in [0.4, 0.5) is 4.79 Å². The molecule has 6 nitrogen and oxygen atoms in total. The maximum absolute atomic E-state index is 13.6. The summed E-state index contributed by atoms with van der Waals surface area (Å²) in [5.41, 5.74) is 2.61. The minimum absolute atomic E-state index is 0.00103. The predicted octanol–water partition coefficient (Wildman–Crippen LogP) is 3.78. The summed E-state index contributed by atoms with van der Waals surface area (Å²) in [6, 6.07) is 14.0. The van der Waals surface area contributed by atoms with Crippen LogP contribution in [0.3, 0.4) is 0 Å². The third-order valence-electron chi connectivity index (χ3n) is 5.94. The number of thiophene rings is 1. The minimum atomic E-state index is -0.426. The van der Waals surface area contributed by atoms with Gasteiger partial charge in [-0.15, -0.1) is 11.3 Å². The summed E-state index contributed by atoms with van der Waals surface area (Å²) in [6.45, 7) is 4.19. The zero-order valence-electron chi connectivity index (χ0n) is 17.0. The van der Waals surface area contributed by atoms with Crippen molar-refractivity contribution in [2.24, 2.45) is 0 Å². The number of urea groups is 1. The Morgan fingerprint density at radius 1 is 1.10 bits per heavy atom. The van der Waals surface area contributed by atoms with Crippen LogP contribution in [0.1, 0.15) is 30.7 Å². The number of carbonyl (C=O) groups excluding carboxylic acids is 2. The highest BCUT2D eigenvalue weighted by molar-refractivity contribution is 7.15. The van der Waals surface area contributed by atoms with Crippen LogP contribution in [0, 0.1) is 0 Å². The van der Waals surface area contributed by atoms with Crippen molar-refractivity contribution < 1.29 is 14.3 Å². The van der Waals surface area contributed by atoms with Gasteiger partial charge in [0.2, 0.25) is 0 Å². The van der Waals surface area contributed by atoms with Gasteiger partial charge in [0.05, 0.1) is 24.8 Å². The molecule has 1 aliphatic carbocycles. The quantitative estimate of drug-likeness (QED) is 0.814. The smallest absolute Gasteiger partial charge is 0.322 e. The third-order valence-corrected chi connectivity index (χ3v) is 7.14. The Labute approximate surface area is 180 Å². The molecule has 5 rings (SSSR count). The van der Waals surface area contributed by atoms with Gasteiger partial charge in [-0.25, -0.2) is 4.79 Å². The van der Waals surface area contributed by atoms with Crippen molar-refractivity contribution in [2.75, 3.05) is 26.3 Å². The van der Waals surface area contributed by atoms with Crippen LogP contribution in [0.25, 0.3) is 10.4 Å². The lowest BCUT2D eigenvalue weighted by Crippen LogP contribution is -2.51. The van der Waals surface area contributed by atoms with E-state index >= 15 is 0 Å². The molecule has 3 amide bonds. The summed E-state index contributed by atoms with van der Waals surface area (Å²) < 4.78 is 5.43. The first-order valence-electron chi connectivity index (χ1n) is 10.5. The average molecular weight is 424 g/mol. The van der Waals surface area contributed by atoms with E-state index in [2.05, 4.69) is 23.5 Å². The maximum Gasteiger partial charge on any atom is 0.322 e. The molecule has 0 unspecified atom stereocenters. The van der Waals surface area contributed by atoms with Crippen LogP contribution in [0.5, 0.6) is 0 Å². The van der Waals surface area contributed by atoms with Gasteiger partial charge in [-0.05, 0) is 37.5 Å². The maximum atomic E-state index is 13.6. The van der Waals surface area contributed by atoms with Crippen LogP contribution in [-0.2, 0) is 9.53 Å². The highest BCUT2D eigenvalue weighted by Crippen LogP contribution is 2.41. The number of hydrogen-bond acceptors (Lipinski definition) is 4. The van der Waals surface area contributed by atoms with Crippen LogP contribution < -0.4 is 5.32 Å². The Morgan fingerprint density at radius 3 is 2.53 bits per heavy atom. The van der Waals surface area contributed by atoms with Crippen LogP contribution >= 0.6 is 11.3 Å². The number of ether oxygens (including phenoxy) is 1. The molecule has 3 aliphatic rings. The number of morpholine rings is 1. The minimum Gasteiger partial charge on any atom is -0.378 e. The number of nitrogens with zero attached hydrogens (tertiary/aromatic N) is 2. The Balaban J connectivity index is 1.53. The Bertz CT molecular complexity index is 990. The first kappa shape index (κ1) is 19.3. The number of nitrogens with one attached hydrogen (secondary N) is 1. The molecule has 1 atom stereocenters. The van der Waals surface area contributed by atoms with Crippen molar-refractivity contribution >= 4 is 23.3 Å². The number of rotatable bonds is 4. The number of carbonyl (C=O) groups is 2. The molecule has 1 aromatic carbocycles. The summed E-state index contributed by atoms with van der Waals surface area (Å²) in [6.07, 6.45) is 1.98. The van der Waals surface area contributed by atoms with Gasteiger partial charge in [-0.2, -0.15) is 0 Å². The fourth-order valence-corrected chi connectivity index (χ4v) is 5.30. The molecular weight excluding hydrogens is 398 g/mol. The monoisotopic (exact) mass is 423 g/mol. The second kappa shape index (κ2) is 7.89. The van der Waals surface area contributed by atoms with E-state index in [0.29, 0.717) is 31.9 Å². The molecule has 2 aliphatic heterocycles. The zero-order valence-corrected chi connectivity index (χ0v) is 17.8. The van der Waals surface area contributed by atoms with E-state index in [9.17, 15) is 9.59 Å². The molecule has 1 N–H and O–H groups in total. The summed E-state index contributed by atoms with van der Waals surface area (Å²) in [7, 11) is 0. The first-order valence-corrected chi connectivity index (χ1v) is 11.3. The van der Waals surface area contributed by atoms with Gasteiger partial charge >= 0.3 is 6.03 Å². The molecule has 156 valence electrons. The number of benzene rings is 1. The van der Waals surface area contributed by atoms with E-state index in [4.69, 9.17) is 4.74 Å². The van der Waals surface area contributed by atoms with Crippen molar-refractivity contribution in [1.82, 2.24) is 15.1 Å². The second-order valence-corrected chi connectivity index (χ2v) is 9.07. The molecule has 0 radical (unpaired) electrons. The molecule has 2 fully saturated rings. The lowest BCUT2D eigenvalue weighted by molar-refractivity contribution is -0.131.